The monoisotopic (exact) mass is 282 g/mol. The average molecular weight is 283 g/mol. The minimum absolute atomic E-state index is 0.0703. The van der Waals surface area contributed by atoms with Gasteiger partial charge in [0.05, 0.1) is 26.2 Å². The number of carbonyl (C=O) groups is 2. The van der Waals surface area contributed by atoms with E-state index in [0.717, 1.165) is 0 Å². The lowest BCUT2D eigenvalue weighted by Crippen LogP contribution is -2.08. The van der Waals surface area contributed by atoms with Crippen LogP contribution in [0.3, 0.4) is 0 Å². The van der Waals surface area contributed by atoms with Crippen LogP contribution in [-0.2, 0) is 0 Å². The molecule has 0 atom stereocenters. The van der Waals surface area contributed by atoms with Crippen LogP contribution in [0.2, 0.25) is 15.1 Å². The number of halogens is 3. The molecule has 0 aliphatic carbocycles. The molecule has 0 radical (unpaired) electrons. The van der Waals surface area contributed by atoms with E-state index in [-0.39, 0.29) is 26.2 Å². The molecule has 0 bridgehead atoms. The van der Waals surface area contributed by atoms with E-state index >= 15 is 0 Å². The van der Waals surface area contributed by atoms with E-state index in [4.69, 9.17) is 45.0 Å². The second kappa shape index (κ2) is 4.49. The van der Waals surface area contributed by atoms with Gasteiger partial charge < -0.3 is 10.2 Å². The Labute approximate surface area is 105 Å². The molecule has 2 N–H and O–H groups in total. The molecular weight excluding hydrogens is 278 g/mol. The molecule has 0 unspecified atom stereocenters. The van der Waals surface area contributed by atoms with Crippen molar-refractivity contribution < 1.29 is 19.8 Å². The van der Waals surface area contributed by atoms with Gasteiger partial charge >= 0.3 is 11.9 Å². The Morgan fingerprint density at radius 2 is 1.25 bits per heavy atom. The molecule has 1 aromatic carbocycles. The highest BCUT2D eigenvalue weighted by Gasteiger charge is 2.25. The standard InChI is InChI=1S/C9H5Cl3O4/c1-2-3(8(13)14)6(11)7(12)4(5(2)10)9(15)16/h1H3,(H,13,14)(H,15,16). The second-order valence-corrected chi connectivity index (χ2v) is 4.06. The molecule has 0 saturated heterocycles. The van der Waals surface area contributed by atoms with Gasteiger partial charge in [-0.25, -0.2) is 9.59 Å². The fraction of sp³-hybridized carbons (Fsp3) is 0.111. The summed E-state index contributed by atoms with van der Waals surface area (Å²) < 4.78 is 0. The number of rotatable bonds is 2. The maximum Gasteiger partial charge on any atom is 0.338 e. The van der Waals surface area contributed by atoms with Crippen molar-refractivity contribution in [2.24, 2.45) is 0 Å². The van der Waals surface area contributed by atoms with Gasteiger partial charge in [0.2, 0.25) is 0 Å². The van der Waals surface area contributed by atoms with Crippen molar-refractivity contribution in [1.29, 1.82) is 0 Å². The van der Waals surface area contributed by atoms with Gasteiger partial charge in [-0.2, -0.15) is 0 Å². The van der Waals surface area contributed by atoms with Crippen molar-refractivity contribution in [3.63, 3.8) is 0 Å². The van der Waals surface area contributed by atoms with Crippen molar-refractivity contribution in [2.75, 3.05) is 0 Å². The van der Waals surface area contributed by atoms with Crippen molar-refractivity contribution in [3.05, 3.63) is 31.8 Å². The molecule has 0 aliphatic rings. The van der Waals surface area contributed by atoms with E-state index in [0.29, 0.717) is 0 Å². The Bertz CT molecular complexity index is 422. The predicted molar refractivity (Wildman–Crippen MR) is 60.1 cm³/mol. The summed E-state index contributed by atoms with van der Waals surface area (Å²) in [5.74, 6) is -2.68. The summed E-state index contributed by atoms with van der Waals surface area (Å²) in [5.41, 5.74) is -0.613. The molecule has 1 rings (SSSR count). The van der Waals surface area contributed by atoms with Gasteiger partial charge in [-0.1, -0.05) is 34.8 Å². The lowest BCUT2D eigenvalue weighted by Gasteiger charge is -2.11. The van der Waals surface area contributed by atoms with E-state index in [9.17, 15) is 9.59 Å². The van der Waals surface area contributed by atoms with E-state index in [1.165, 1.54) is 6.92 Å². The van der Waals surface area contributed by atoms with Crippen molar-refractivity contribution in [1.82, 2.24) is 0 Å². The lowest BCUT2D eigenvalue weighted by atomic mass is 10.0. The Morgan fingerprint density at radius 1 is 0.875 bits per heavy atom. The first-order valence-corrected chi connectivity index (χ1v) is 5.06. The van der Waals surface area contributed by atoms with Crippen molar-refractivity contribution in [3.8, 4) is 0 Å². The molecule has 16 heavy (non-hydrogen) atoms. The summed E-state index contributed by atoms with van der Waals surface area (Å²) in [7, 11) is 0. The topological polar surface area (TPSA) is 74.6 Å². The smallest absolute Gasteiger partial charge is 0.338 e. The molecule has 0 aromatic heterocycles. The minimum atomic E-state index is -1.36. The fourth-order valence-electron chi connectivity index (χ4n) is 1.22. The van der Waals surface area contributed by atoms with Gasteiger partial charge in [-0.15, -0.1) is 0 Å². The zero-order chi connectivity index (χ0) is 12.6. The molecule has 0 spiro atoms. The molecule has 7 heteroatoms. The second-order valence-electron chi connectivity index (χ2n) is 2.93. The maximum absolute atomic E-state index is 10.9. The number of hydrogen-bond acceptors (Lipinski definition) is 2. The van der Waals surface area contributed by atoms with Gasteiger partial charge in [0.25, 0.3) is 0 Å². The van der Waals surface area contributed by atoms with Crippen molar-refractivity contribution in [2.45, 2.75) is 6.92 Å². The van der Waals surface area contributed by atoms with E-state index in [2.05, 4.69) is 0 Å². The highest BCUT2D eigenvalue weighted by atomic mass is 35.5. The van der Waals surface area contributed by atoms with Gasteiger partial charge in [0, 0.05) is 0 Å². The van der Waals surface area contributed by atoms with Crippen LogP contribution in [-0.4, -0.2) is 22.2 Å². The van der Waals surface area contributed by atoms with Crippen LogP contribution in [0.25, 0.3) is 0 Å². The van der Waals surface area contributed by atoms with Crippen LogP contribution >= 0.6 is 34.8 Å². The zero-order valence-electron chi connectivity index (χ0n) is 7.84. The Hall–Kier alpha value is -0.970. The molecule has 1 aromatic rings. The fourth-order valence-corrected chi connectivity index (χ4v) is 2.12. The quantitative estimate of drug-likeness (QED) is 0.816. The van der Waals surface area contributed by atoms with E-state index in [1.54, 1.807) is 0 Å². The van der Waals surface area contributed by atoms with Crippen LogP contribution in [0.4, 0.5) is 0 Å². The van der Waals surface area contributed by atoms with Crippen LogP contribution in [0.15, 0.2) is 0 Å². The number of aromatic carboxylic acids is 2. The van der Waals surface area contributed by atoms with E-state index < -0.39 is 17.5 Å². The third-order valence-electron chi connectivity index (χ3n) is 1.98. The highest BCUT2D eigenvalue weighted by molar-refractivity contribution is 6.48. The van der Waals surface area contributed by atoms with Crippen LogP contribution < -0.4 is 0 Å². The molecule has 0 saturated carbocycles. The highest BCUT2D eigenvalue weighted by Crippen LogP contribution is 2.38. The normalized spacial score (nSPS) is 10.2. The molecule has 0 amide bonds. The molecule has 0 heterocycles. The SMILES string of the molecule is Cc1c(Cl)c(C(=O)O)c(Cl)c(Cl)c1C(=O)O. The van der Waals surface area contributed by atoms with Gasteiger partial charge in [0.1, 0.15) is 0 Å². The van der Waals surface area contributed by atoms with Crippen LogP contribution in [0.1, 0.15) is 26.3 Å². The van der Waals surface area contributed by atoms with Crippen LogP contribution in [0.5, 0.6) is 0 Å². The zero-order valence-corrected chi connectivity index (χ0v) is 10.1. The Kier molecular flexibility index (Phi) is 3.68. The molecular formula is C9H5Cl3O4. The summed E-state index contributed by atoms with van der Waals surface area (Å²) in [4.78, 5) is 21.7. The van der Waals surface area contributed by atoms with Crippen LogP contribution in [0, 0.1) is 6.92 Å². The summed E-state index contributed by atoms with van der Waals surface area (Å²) in [5, 5.41) is 16.8. The predicted octanol–water partition coefficient (Wildman–Crippen LogP) is 3.35. The largest absolute Gasteiger partial charge is 0.478 e. The molecule has 86 valence electrons. The Balaban J connectivity index is 3.77. The summed E-state index contributed by atoms with van der Waals surface area (Å²) in [6, 6.07) is 0. The Morgan fingerprint density at radius 3 is 1.62 bits per heavy atom. The minimum Gasteiger partial charge on any atom is -0.478 e. The lowest BCUT2D eigenvalue weighted by molar-refractivity contribution is 0.0681. The first-order chi connectivity index (χ1) is 7.29. The number of hydrogen-bond donors (Lipinski definition) is 2. The van der Waals surface area contributed by atoms with Gasteiger partial charge in [-0.3, -0.25) is 0 Å². The molecule has 0 aliphatic heterocycles. The summed E-state index contributed by atoms with van der Waals surface area (Å²) >= 11 is 17.1. The third kappa shape index (κ3) is 1.96. The number of carboxylic acid groups (broad SMARTS) is 2. The number of benzene rings is 1. The third-order valence-corrected chi connectivity index (χ3v) is 3.31. The average Bonchev–Trinajstić information content (AvgIpc) is 2.14. The maximum atomic E-state index is 10.9. The van der Waals surface area contributed by atoms with E-state index in [1.807, 2.05) is 0 Å². The molecule has 4 nitrogen and oxygen atoms in total. The van der Waals surface area contributed by atoms with Gasteiger partial charge in [0.15, 0.2) is 0 Å². The van der Waals surface area contributed by atoms with Crippen molar-refractivity contribution >= 4 is 46.7 Å². The summed E-state index contributed by atoms with van der Waals surface area (Å²) in [6.07, 6.45) is 0. The first kappa shape index (κ1) is 13.1. The molecule has 0 fully saturated rings. The summed E-state index contributed by atoms with van der Waals surface area (Å²) in [6.45, 7) is 1.36. The van der Waals surface area contributed by atoms with Gasteiger partial charge in [-0.05, 0) is 12.5 Å². The first-order valence-electron chi connectivity index (χ1n) is 3.92. The number of carboxylic acids is 2.